The molecule has 1 N–H and O–H groups in total. The molecule has 0 atom stereocenters. The van der Waals surface area contributed by atoms with Crippen molar-refractivity contribution in [1.29, 1.82) is 0 Å². The summed E-state index contributed by atoms with van der Waals surface area (Å²) in [5.74, 6) is 0. The highest BCUT2D eigenvalue weighted by Crippen LogP contribution is 2.19. The second kappa shape index (κ2) is 6.91. The lowest BCUT2D eigenvalue weighted by Crippen LogP contribution is -2.17. The molecule has 0 aliphatic rings. The molecule has 1 amide bonds. The molecule has 0 fully saturated rings. The quantitative estimate of drug-likeness (QED) is 0.801. The second-order valence-corrected chi connectivity index (χ2v) is 3.72. The number of carbonyl (C=O) groups excluding carboxylic acids is 1. The van der Waals surface area contributed by atoms with E-state index in [-0.39, 0.29) is 6.61 Å². The summed E-state index contributed by atoms with van der Waals surface area (Å²) in [7, 11) is 0. The number of aryl methyl sites for hydroxylation is 2. The molecule has 0 aromatic heterocycles. The van der Waals surface area contributed by atoms with Crippen molar-refractivity contribution in [2.45, 2.75) is 20.8 Å². The van der Waals surface area contributed by atoms with Crippen molar-refractivity contribution in [3.8, 4) is 0 Å². The summed E-state index contributed by atoms with van der Waals surface area (Å²) < 4.78 is 10.1. The fourth-order valence-electron chi connectivity index (χ4n) is 1.49. The van der Waals surface area contributed by atoms with E-state index in [1.807, 2.05) is 39.0 Å². The van der Waals surface area contributed by atoms with Crippen LogP contribution in [0.4, 0.5) is 10.5 Å². The standard InChI is InChI=1S/C13H19NO3/c1-4-16-8-9-17-13(15)14-12-10(2)6-5-7-11(12)3/h5-7H,4,8-9H2,1-3H3,(H,14,15). The van der Waals surface area contributed by atoms with Gasteiger partial charge in [-0.05, 0) is 31.9 Å². The van der Waals surface area contributed by atoms with Gasteiger partial charge >= 0.3 is 6.09 Å². The molecule has 0 bridgehead atoms. The third-order valence-electron chi connectivity index (χ3n) is 2.37. The lowest BCUT2D eigenvalue weighted by atomic mass is 10.1. The van der Waals surface area contributed by atoms with Gasteiger partial charge in [0.15, 0.2) is 0 Å². The van der Waals surface area contributed by atoms with Crippen molar-refractivity contribution in [2.75, 3.05) is 25.1 Å². The molecule has 0 aliphatic carbocycles. The van der Waals surface area contributed by atoms with Crippen LogP contribution in [0, 0.1) is 13.8 Å². The van der Waals surface area contributed by atoms with Crippen LogP contribution in [0.3, 0.4) is 0 Å². The van der Waals surface area contributed by atoms with Gasteiger partial charge in [-0.1, -0.05) is 18.2 Å². The van der Waals surface area contributed by atoms with Gasteiger partial charge in [0.2, 0.25) is 0 Å². The Labute approximate surface area is 102 Å². The minimum absolute atomic E-state index is 0.268. The number of para-hydroxylation sites is 1. The van der Waals surface area contributed by atoms with Crippen LogP contribution in [-0.4, -0.2) is 25.9 Å². The van der Waals surface area contributed by atoms with Crippen molar-refractivity contribution >= 4 is 11.8 Å². The van der Waals surface area contributed by atoms with Gasteiger partial charge in [0, 0.05) is 12.3 Å². The van der Waals surface area contributed by atoms with Crippen LogP contribution >= 0.6 is 0 Å². The van der Waals surface area contributed by atoms with E-state index in [4.69, 9.17) is 9.47 Å². The van der Waals surface area contributed by atoms with E-state index >= 15 is 0 Å². The van der Waals surface area contributed by atoms with Crippen LogP contribution in [0.1, 0.15) is 18.1 Å². The number of anilines is 1. The molecule has 0 saturated carbocycles. The van der Waals surface area contributed by atoms with Crippen LogP contribution < -0.4 is 5.32 Å². The van der Waals surface area contributed by atoms with Gasteiger partial charge in [0.1, 0.15) is 6.61 Å². The van der Waals surface area contributed by atoms with E-state index in [0.717, 1.165) is 16.8 Å². The number of carbonyl (C=O) groups is 1. The van der Waals surface area contributed by atoms with E-state index in [1.165, 1.54) is 0 Å². The smallest absolute Gasteiger partial charge is 0.411 e. The number of nitrogens with one attached hydrogen (secondary N) is 1. The number of hydrogen-bond donors (Lipinski definition) is 1. The first-order valence-electron chi connectivity index (χ1n) is 5.73. The zero-order valence-corrected chi connectivity index (χ0v) is 10.6. The maximum Gasteiger partial charge on any atom is 0.411 e. The molecule has 1 aromatic rings. The van der Waals surface area contributed by atoms with E-state index in [2.05, 4.69) is 5.32 Å². The molecule has 4 heteroatoms. The highest BCUT2D eigenvalue weighted by atomic mass is 16.6. The Bertz CT molecular complexity index is 357. The highest BCUT2D eigenvalue weighted by molar-refractivity contribution is 5.86. The Morgan fingerprint density at radius 3 is 2.47 bits per heavy atom. The predicted molar refractivity (Wildman–Crippen MR) is 67.4 cm³/mol. The fourth-order valence-corrected chi connectivity index (χ4v) is 1.49. The minimum Gasteiger partial charge on any atom is -0.447 e. The zero-order valence-electron chi connectivity index (χ0n) is 10.6. The average molecular weight is 237 g/mol. The molecule has 4 nitrogen and oxygen atoms in total. The number of benzene rings is 1. The summed E-state index contributed by atoms with van der Waals surface area (Å²) in [5, 5.41) is 2.74. The topological polar surface area (TPSA) is 47.6 Å². The summed E-state index contributed by atoms with van der Waals surface area (Å²) >= 11 is 0. The summed E-state index contributed by atoms with van der Waals surface area (Å²) in [6.45, 7) is 7.12. The maximum absolute atomic E-state index is 11.5. The molecule has 0 unspecified atom stereocenters. The van der Waals surface area contributed by atoms with Crippen LogP contribution in [0.2, 0.25) is 0 Å². The van der Waals surface area contributed by atoms with E-state index in [1.54, 1.807) is 0 Å². The minimum atomic E-state index is -0.442. The molecule has 94 valence electrons. The van der Waals surface area contributed by atoms with Gasteiger partial charge < -0.3 is 9.47 Å². The van der Waals surface area contributed by atoms with Gasteiger partial charge in [-0.2, -0.15) is 0 Å². The molecular formula is C13H19NO3. The first-order chi connectivity index (χ1) is 8.15. The number of amides is 1. The van der Waals surface area contributed by atoms with Gasteiger partial charge in [-0.3, -0.25) is 5.32 Å². The van der Waals surface area contributed by atoms with Crippen LogP contribution in [-0.2, 0) is 9.47 Å². The van der Waals surface area contributed by atoms with Gasteiger partial charge in [0.25, 0.3) is 0 Å². The van der Waals surface area contributed by atoms with Gasteiger partial charge in [-0.25, -0.2) is 4.79 Å². The summed E-state index contributed by atoms with van der Waals surface area (Å²) in [6, 6.07) is 5.85. The largest absolute Gasteiger partial charge is 0.447 e. The third-order valence-corrected chi connectivity index (χ3v) is 2.37. The maximum atomic E-state index is 11.5. The molecule has 0 saturated heterocycles. The third kappa shape index (κ3) is 4.44. The van der Waals surface area contributed by atoms with Crippen LogP contribution in [0.15, 0.2) is 18.2 Å². The highest BCUT2D eigenvalue weighted by Gasteiger charge is 2.07. The fraction of sp³-hybridized carbons (Fsp3) is 0.462. The zero-order chi connectivity index (χ0) is 12.7. The average Bonchev–Trinajstić information content (AvgIpc) is 2.30. The number of ether oxygens (including phenoxy) is 2. The molecule has 0 heterocycles. The Morgan fingerprint density at radius 1 is 1.24 bits per heavy atom. The normalized spacial score (nSPS) is 10.1. The first kappa shape index (κ1) is 13.5. The van der Waals surface area contributed by atoms with Gasteiger partial charge in [-0.15, -0.1) is 0 Å². The van der Waals surface area contributed by atoms with Crippen LogP contribution in [0.25, 0.3) is 0 Å². The Morgan fingerprint density at radius 2 is 1.88 bits per heavy atom. The van der Waals surface area contributed by atoms with E-state index in [9.17, 15) is 4.79 Å². The number of hydrogen-bond acceptors (Lipinski definition) is 3. The Balaban J connectivity index is 2.45. The predicted octanol–water partition coefficient (Wildman–Crippen LogP) is 2.89. The van der Waals surface area contributed by atoms with Crippen molar-refractivity contribution in [1.82, 2.24) is 0 Å². The second-order valence-electron chi connectivity index (χ2n) is 3.72. The lowest BCUT2D eigenvalue weighted by Gasteiger charge is -2.11. The van der Waals surface area contributed by atoms with Gasteiger partial charge in [0.05, 0.1) is 6.61 Å². The van der Waals surface area contributed by atoms with Crippen molar-refractivity contribution in [3.05, 3.63) is 29.3 Å². The molecule has 0 radical (unpaired) electrons. The molecular weight excluding hydrogens is 218 g/mol. The van der Waals surface area contributed by atoms with Crippen molar-refractivity contribution in [2.24, 2.45) is 0 Å². The lowest BCUT2D eigenvalue weighted by molar-refractivity contribution is 0.0850. The van der Waals surface area contributed by atoms with Crippen molar-refractivity contribution < 1.29 is 14.3 Å². The monoisotopic (exact) mass is 237 g/mol. The van der Waals surface area contributed by atoms with Crippen LogP contribution in [0.5, 0.6) is 0 Å². The molecule has 17 heavy (non-hydrogen) atoms. The molecule has 0 aliphatic heterocycles. The first-order valence-corrected chi connectivity index (χ1v) is 5.73. The Hall–Kier alpha value is -1.55. The summed E-state index contributed by atoms with van der Waals surface area (Å²) in [5.41, 5.74) is 2.85. The summed E-state index contributed by atoms with van der Waals surface area (Å²) in [6.07, 6.45) is -0.442. The molecule has 0 spiro atoms. The van der Waals surface area contributed by atoms with E-state index < -0.39 is 6.09 Å². The number of rotatable bonds is 5. The summed E-state index contributed by atoms with van der Waals surface area (Å²) in [4.78, 5) is 11.5. The molecule has 1 aromatic carbocycles. The molecule has 1 rings (SSSR count). The SMILES string of the molecule is CCOCCOC(=O)Nc1c(C)cccc1C. The Kier molecular flexibility index (Phi) is 5.49. The van der Waals surface area contributed by atoms with Crippen molar-refractivity contribution in [3.63, 3.8) is 0 Å². The van der Waals surface area contributed by atoms with E-state index in [0.29, 0.717) is 13.2 Å².